The van der Waals surface area contributed by atoms with Crippen LogP contribution in [0.25, 0.3) is 11.1 Å². The molecule has 0 aliphatic carbocycles. The Kier molecular flexibility index (Phi) is 4.52. The van der Waals surface area contributed by atoms with Crippen molar-refractivity contribution in [2.45, 2.75) is 12.0 Å². The van der Waals surface area contributed by atoms with Crippen LogP contribution in [0.5, 0.6) is 0 Å². The quantitative estimate of drug-likeness (QED) is 0.626. The van der Waals surface area contributed by atoms with Gasteiger partial charge >= 0.3 is 5.92 Å². The van der Waals surface area contributed by atoms with Gasteiger partial charge in [0.15, 0.2) is 0 Å². The zero-order chi connectivity index (χ0) is 19.7. The number of rotatable bonds is 5. The maximum absolute atomic E-state index is 14.0. The second-order valence-corrected chi connectivity index (χ2v) is 6.54. The Hall–Kier alpha value is -3.32. The van der Waals surface area contributed by atoms with Crippen molar-refractivity contribution >= 4 is 17.3 Å². The molecule has 1 amide bonds. The molecule has 0 saturated heterocycles. The number of carbonyl (C=O) groups is 1. The summed E-state index contributed by atoms with van der Waals surface area (Å²) >= 11 is 0. The van der Waals surface area contributed by atoms with Crippen LogP contribution in [-0.4, -0.2) is 22.6 Å². The zero-order valence-corrected chi connectivity index (χ0v) is 14.7. The van der Waals surface area contributed by atoms with Crippen LogP contribution in [0, 0.1) is 0 Å². The van der Waals surface area contributed by atoms with E-state index in [-0.39, 0.29) is 23.9 Å². The number of aliphatic hydroxyl groups excluding tert-OH is 1. The van der Waals surface area contributed by atoms with Gasteiger partial charge in [-0.05, 0) is 29.3 Å². The molecule has 0 fully saturated rings. The normalized spacial score (nSPS) is 15.6. The summed E-state index contributed by atoms with van der Waals surface area (Å²) in [4.78, 5) is 15.6. The lowest BCUT2D eigenvalue weighted by molar-refractivity contribution is -0.139. The Bertz CT molecular complexity index is 1030. The summed E-state index contributed by atoms with van der Waals surface area (Å²) in [5, 5.41) is 15.1. The SMILES string of the molecule is O=C1Nc2ccc(-c3cncc(N[C@@H](CO)c4ccccc4)c3)cc2C1(F)F. The Morgan fingerprint density at radius 3 is 2.61 bits per heavy atom. The van der Waals surface area contributed by atoms with E-state index in [1.165, 1.54) is 12.1 Å². The minimum atomic E-state index is -3.55. The maximum atomic E-state index is 14.0. The van der Waals surface area contributed by atoms with E-state index in [4.69, 9.17) is 0 Å². The van der Waals surface area contributed by atoms with Crippen molar-refractivity contribution in [2.24, 2.45) is 0 Å². The molecule has 0 bridgehead atoms. The smallest absolute Gasteiger partial charge is 0.352 e. The molecule has 1 atom stereocenters. The predicted octanol–water partition coefficient (Wildman–Crippen LogP) is 3.94. The summed E-state index contributed by atoms with van der Waals surface area (Å²) in [6.07, 6.45) is 3.16. The van der Waals surface area contributed by atoms with Gasteiger partial charge in [-0.1, -0.05) is 36.4 Å². The molecule has 2 aromatic carbocycles. The van der Waals surface area contributed by atoms with E-state index in [0.717, 1.165) is 5.56 Å². The molecule has 7 heteroatoms. The Morgan fingerprint density at radius 1 is 1.07 bits per heavy atom. The van der Waals surface area contributed by atoms with Crippen LogP contribution in [0.15, 0.2) is 67.0 Å². The van der Waals surface area contributed by atoms with Gasteiger partial charge in [0.05, 0.1) is 29.6 Å². The van der Waals surface area contributed by atoms with E-state index in [0.29, 0.717) is 16.8 Å². The van der Waals surface area contributed by atoms with Crippen LogP contribution in [-0.2, 0) is 10.7 Å². The first-order chi connectivity index (χ1) is 13.5. The average molecular weight is 381 g/mol. The molecule has 1 aromatic heterocycles. The molecule has 28 heavy (non-hydrogen) atoms. The van der Waals surface area contributed by atoms with E-state index in [9.17, 15) is 18.7 Å². The fourth-order valence-electron chi connectivity index (χ4n) is 3.21. The highest BCUT2D eigenvalue weighted by Crippen LogP contribution is 2.42. The first-order valence-corrected chi connectivity index (χ1v) is 8.70. The van der Waals surface area contributed by atoms with Gasteiger partial charge < -0.3 is 15.7 Å². The van der Waals surface area contributed by atoms with Gasteiger partial charge in [-0.3, -0.25) is 9.78 Å². The van der Waals surface area contributed by atoms with Gasteiger partial charge in [-0.15, -0.1) is 0 Å². The number of anilines is 2. The number of amides is 1. The topological polar surface area (TPSA) is 74.2 Å². The number of aliphatic hydroxyl groups is 1. The summed E-state index contributed by atoms with van der Waals surface area (Å²) in [5.74, 6) is -4.87. The molecule has 5 nitrogen and oxygen atoms in total. The summed E-state index contributed by atoms with van der Waals surface area (Å²) < 4.78 is 28.1. The lowest BCUT2D eigenvalue weighted by Gasteiger charge is -2.18. The predicted molar refractivity (Wildman–Crippen MR) is 102 cm³/mol. The molecule has 1 aliphatic rings. The number of hydrogen-bond donors (Lipinski definition) is 3. The minimum Gasteiger partial charge on any atom is -0.394 e. The Labute approximate surface area is 160 Å². The van der Waals surface area contributed by atoms with Gasteiger partial charge in [0.2, 0.25) is 0 Å². The summed E-state index contributed by atoms with van der Waals surface area (Å²) in [5.41, 5.74) is 2.47. The third-order valence-corrected chi connectivity index (χ3v) is 4.69. The van der Waals surface area contributed by atoms with E-state index in [1.807, 2.05) is 30.3 Å². The number of halogens is 2. The number of pyridine rings is 1. The van der Waals surface area contributed by atoms with Crippen molar-refractivity contribution in [2.75, 3.05) is 17.2 Å². The molecule has 1 aliphatic heterocycles. The first-order valence-electron chi connectivity index (χ1n) is 8.70. The third kappa shape index (κ3) is 3.20. The highest BCUT2D eigenvalue weighted by atomic mass is 19.3. The number of hydrogen-bond acceptors (Lipinski definition) is 4. The lowest BCUT2D eigenvalue weighted by atomic mass is 10.0. The Balaban J connectivity index is 1.63. The van der Waals surface area contributed by atoms with Crippen molar-refractivity contribution in [1.82, 2.24) is 4.98 Å². The molecular weight excluding hydrogens is 364 g/mol. The summed E-state index contributed by atoms with van der Waals surface area (Å²) in [7, 11) is 0. The van der Waals surface area contributed by atoms with Crippen LogP contribution in [0.4, 0.5) is 20.2 Å². The number of aromatic nitrogens is 1. The molecule has 0 saturated carbocycles. The molecule has 0 radical (unpaired) electrons. The second-order valence-electron chi connectivity index (χ2n) is 6.54. The van der Waals surface area contributed by atoms with Gasteiger partial charge in [-0.2, -0.15) is 8.78 Å². The molecule has 2 heterocycles. The Morgan fingerprint density at radius 2 is 1.86 bits per heavy atom. The average Bonchev–Trinajstić information content (AvgIpc) is 2.95. The minimum absolute atomic E-state index is 0.116. The van der Waals surface area contributed by atoms with Crippen LogP contribution >= 0.6 is 0 Å². The number of carbonyl (C=O) groups excluding carboxylic acids is 1. The number of fused-ring (bicyclic) bond motifs is 1. The molecule has 0 spiro atoms. The molecular formula is C21H17F2N3O2. The van der Waals surface area contributed by atoms with Crippen molar-refractivity contribution in [1.29, 1.82) is 0 Å². The number of benzene rings is 2. The van der Waals surface area contributed by atoms with Gasteiger partial charge in [0.25, 0.3) is 5.91 Å². The monoisotopic (exact) mass is 381 g/mol. The molecule has 142 valence electrons. The largest absolute Gasteiger partial charge is 0.394 e. The highest BCUT2D eigenvalue weighted by Gasteiger charge is 2.48. The fourth-order valence-corrected chi connectivity index (χ4v) is 3.21. The highest BCUT2D eigenvalue weighted by molar-refractivity contribution is 6.04. The summed E-state index contributed by atoms with van der Waals surface area (Å²) in [6.45, 7) is -0.118. The lowest BCUT2D eigenvalue weighted by Crippen LogP contribution is -2.23. The van der Waals surface area contributed by atoms with Gasteiger partial charge in [0, 0.05) is 18.0 Å². The molecule has 3 aromatic rings. The van der Waals surface area contributed by atoms with Gasteiger partial charge in [-0.25, -0.2) is 0 Å². The third-order valence-electron chi connectivity index (χ3n) is 4.69. The van der Waals surface area contributed by atoms with Crippen molar-refractivity contribution in [3.63, 3.8) is 0 Å². The summed E-state index contributed by atoms with van der Waals surface area (Å²) in [6, 6.07) is 15.3. The first kappa shape index (κ1) is 18.1. The van der Waals surface area contributed by atoms with Gasteiger partial charge in [0.1, 0.15) is 0 Å². The standard InChI is InChI=1S/C21H17F2N3O2/c22-21(23)17-9-14(6-7-18(17)26-20(21)28)15-8-16(11-24-10-15)25-19(12-27)13-4-2-1-3-5-13/h1-11,19,25,27H,12H2,(H,26,28)/t19-/m0/s1. The molecule has 3 N–H and O–H groups in total. The number of alkyl halides is 2. The van der Waals surface area contributed by atoms with Crippen LogP contribution in [0.2, 0.25) is 0 Å². The molecule has 4 rings (SSSR count). The number of nitrogens with one attached hydrogen (secondary N) is 2. The zero-order valence-electron chi connectivity index (χ0n) is 14.7. The van der Waals surface area contributed by atoms with Crippen LogP contribution < -0.4 is 10.6 Å². The van der Waals surface area contributed by atoms with Crippen LogP contribution in [0.1, 0.15) is 17.2 Å². The van der Waals surface area contributed by atoms with Crippen molar-refractivity contribution in [3.05, 3.63) is 78.1 Å². The van der Waals surface area contributed by atoms with E-state index >= 15 is 0 Å². The van der Waals surface area contributed by atoms with E-state index in [2.05, 4.69) is 15.6 Å². The fraction of sp³-hybridized carbons (Fsp3) is 0.143. The van der Waals surface area contributed by atoms with E-state index < -0.39 is 11.8 Å². The van der Waals surface area contributed by atoms with Crippen molar-refractivity contribution < 1.29 is 18.7 Å². The van der Waals surface area contributed by atoms with E-state index in [1.54, 1.807) is 24.5 Å². The van der Waals surface area contributed by atoms with Crippen LogP contribution in [0.3, 0.4) is 0 Å². The molecule has 0 unspecified atom stereocenters. The number of nitrogens with zero attached hydrogens (tertiary/aromatic N) is 1. The second kappa shape index (κ2) is 7.01. The maximum Gasteiger partial charge on any atom is 0.352 e. The van der Waals surface area contributed by atoms with Crippen molar-refractivity contribution in [3.8, 4) is 11.1 Å².